The van der Waals surface area contributed by atoms with Crippen LogP contribution in [-0.4, -0.2) is 24.1 Å². The number of carbonyl (C=O) groups excluding carboxylic acids is 1. The van der Waals surface area contributed by atoms with Crippen LogP contribution in [0.5, 0.6) is 0 Å². The van der Waals surface area contributed by atoms with Crippen LogP contribution in [0.4, 0.5) is 4.79 Å². The Morgan fingerprint density at radius 2 is 2.24 bits per heavy atom. The Balaban J connectivity index is 2.88. The number of benzene rings is 1. The van der Waals surface area contributed by atoms with Gasteiger partial charge in [0.05, 0.1) is 13.2 Å². The first kappa shape index (κ1) is 13.7. The summed E-state index contributed by atoms with van der Waals surface area (Å²) in [7, 11) is -2.70. The lowest BCUT2D eigenvalue weighted by atomic mass is 10.2. The molecule has 0 aliphatic heterocycles. The molecule has 0 saturated heterocycles. The van der Waals surface area contributed by atoms with Crippen molar-refractivity contribution in [3.8, 4) is 0 Å². The fraction of sp³-hybridized carbons (Fsp3) is 0.364. The monoisotopic (exact) mass is 258 g/mol. The number of hydrogen-bond donors (Lipinski definition) is 2. The minimum atomic E-state index is -2.70. The molecule has 0 spiro atoms. The van der Waals surface area contributed by atoms with E-state index < -0.39 is 16.2 Å². The maximum Gasteiger partial charge on any atom is 0.448 e. The van der Waals surface area contributed by atoms with E-state index in [0.29, 0.717) is 10.5 Å². The summed E-state index contributed by atoms with van der Waals surface area (Å²) in [5.41, 5.74) is 0.641. The average Bonchev–Trinajstić information content (AvgIpc) is 2.28. The van der Waals surface area contributed by atoms with Crippen LogP contribution < -0.4 is 4.72 Å². The van der Waals surface area contributed by atoms with Crippen molar-refractivity contribution < 1.29 is 18.8 Å². The molecule has 0 radical (unpaired) electrons. The number of hydrogen-bond acceptors (Lipinski definition) is 4. The van der Waals surface area contributed by atoms with E-state index in [-0.39, 0.29) is 13.2 Å². The summed E-state index contributed by atoms with van der Waals surface area (Å²) in [5.74, 6) is 0. The zero-order chi connectivity index (χ0) is 12.9. The topological polar surface area (TPSA) is 75.6 Å². The summed E-state index contributed by atoms with van der Waals surface area (Å²) in [6.07, 6.45) is 0.704. The van der Waals surface area contributed by atoms with Crippen LogP contribution in [0.2, 0.25) is 0 Å². The molecule has 94 valence electrons. The van der Waals surface area contributed by atoms with E-state index in [9.17, 15) is 9.00 Å². The second kappa shape index (κ2) is 5.79. The summed E-state index contributed by atoms with van der Waals surface area (Å²) in [5, 5.41) is 8.99. The summed E-state index contributed by atoms with van der Waals surface area (Å²) in [4.78, 5) is 11.7. The Morgan fingerprint density at radius 1 is 1.53 bits per heavy atom. The summed E-state index contributed by atoms with van der Waals surface area (Å²) in [6.45, 7) is 1.75. The van der Waals surface area contributed by atoms with Gasteiger partial charge in [0.2, 0.25) is 10.1 Å². The van der Waals surface area contributed by atoms with Gasteiger partial charge >= 0.3 is 6.09 Å². The number of aliphatic hydroxyl groups excluding tert-OH is 1. The first-order chi connectivity index (χ1) is 7.99. The van der Waals surface area contributed by atoms with Crippen LogP contribution in [0.3, 0.4) is 0 Å². The van der Waals surface area contributed by atoms with E-state index in [1.54, 1.807) is 31.2 Å². The summed E-state index contributed by atoms with van der Waals surface area (Å²) < 4.78 is 19.2. The molecule has 0 aliphatic carbocycles. The van der Waals surface area contributed by atoms with E-state index >= 15 is 0 Å². The molecular formula is C11H16NO4S+. The molecule has 0 aliphatic rings. The zero-order valence-electron chi connectivity index (χ0n) is 9.80. The van der Waals surface area contributed by atoms with Gasteiger partial charge in [0.15, 0.2) is 4.90 Å². The lowest BCUT2D eigenvalue weighted by molar-refractivity contribution is 0.159. The lowest BCUT2D eigenvalue weighted by Crippen LogP contribution is -2.35. The Hall–Kier alpha value is -1.40. The maximum atomic E-state index is 12.2. The third-order valence-corrected chi connectivity index (χ3v) is 3.79. The molecule has 0 aromatic heterocycles. The van der Waals surface area contributed by atoms with Crippen molar-refractivity contribution in [3.05, 3.63) is 29.8 Å². The lowest BCUT2D eigenvalue weighted by Gasteiger charge is -2.08. The van der Waals surface area contributed by atoms with E-state index in [1.807, 2.05) is 0 Å². The fourth-order valence-corrected chi connectivity index (χ4v) is 2.47. The van der Waals surface area contributed by atoms with Crippen molar-refractivity contribution in [1.82, 2.24) is 4.72 Å². The van der Waals surface area contributed by atoms with E-state index in [1.165, 1.54) is 6.26 Å². The molecule has 0 heterocycles. The third kappa shape index (κ3) is 3.83. The van der Waals surface area contributed by atoms with Crippen molar-refractivity contribution in [3.63, 3.8) is 0 Å². The molecular weight excluding hydrogens is 242 g/mol. The van der Waals surface area contributed by atoms with Gasteiger partial charge in [-0.15, -0.1) is 4.72 Å². The molecule has 17 heavy (non-hydrogen) atoms. The minimum absolute atomic E-state index is 0.136. The van der Waals surface area contributed by atoms with Crippen molar-refractivity contribution in [2.24, 2.45) is 0 Å². The highest BCUT2D eigenvalue weighted by Crippen LogP contribution is 2.16. The SMILES string of the molecule is CCOC(=O)N[S+](C)(=O)c1cccc(CO)c1. The van der Waals surface area contributed by atoms with Gasteiger partial charge in [0.25, 0.3) is 0 Å². The molecule has 0 bridgehead atoms. The number of ether oxygens (including phenoxy) is 1. The Labute approximate surface area is 101 Å². The molecule has 1 aromatic carbocycles. The van der Waals surface area contributed by atoms with Crippen LogP contribution in [0, 0.1) is 0 Å². The Morgan fingerprint density at radius 3 is 2.82 bits per heavy atom. The quantitative estimate of drug-likeness (QED) is 0.799. The molecule has 5 nitrogen and oxygen atoms in total. The Bertz CT molecular complexity index is 447. The van der Waals surface area contributed by atoms with Gasteiger partial charge < -0.3 is 9.84 Å². The van der Waals surface area contributed by atoms with Gasteiger partial charge in [-0.1, -0.05) is 16.3 Å². The van der Waals surface area contributed by atoms with Crippen LogP contribution in [-0.2, 0) is 25.7 Å². The van der Waals surface area contributed by atoms with Crippen LogP contribution in [0.1, 0.15) is 12.5 Å². The first-order valence-electron chi connectivity index (χ1n) is 5.13. The molecule has 6 heteroatoms. The van der Waals surface area contributed by atoms with Crippen LogP contribution in [0.15, 0.2) is 29.2 Å². The van der Waals surface area contributed by atoms with Crippen molar-refractivity contribution >= 4 is 16.2 Å². The number of nitrogens with one attached hydrogen (secondary N) is 1. The highest BCUT2D eigenvalue weighted by atomic mass is 32.3. The van der Waals surface area contributed by atoms with Crippen molar-refractivity contribution in [2.75, 3.05) is 12.9 Å². The molecule has 1 amide bonds. The molecule has 2 N–H and O–H groups in total. The summed E-state index contributed by atoms with van der Waals surface area (Å²) in [6, 6.07) is 6.61. The zero-order valence-corrected chi connectivity index (χ0v) is 10.6. The van der Waals surface area contributed by atoms with E-state index in [4.69, 9.17) is 5.11 Å². The van der Waals surface area contributed by atoms with Gasteiger partial charge in [-0.3, -0.25) is 0 Å². The normalized spacial score (nSPS) is 13.8. The van der Waals surface area contributed by atoms with E-state index in [0.717, 1.165) is 0 Å². The van der Waals surface area contributed by atoms with Gasteiger partial charge in [-0.05, 0) is 18.6 Å². The Kier molecular flexibility index (Phi) is 4.65. The first-order valence-corrected chi connectivity index (χ1v) is 7.09. The second-order valence-corrected chi connectivity index (χ2v) is 5.83. The van der Waals surface area contributed by atoms with Crippen molar-refractivity contribution in [1.29, 1.82) is 0 Å². The highest BCUT2D eigenvalue weighted by Gasteiger charge is 2.28. The summed E-state index contributed by atoms with van der Waals surface area (Å²) >= 11 is 0. The largest absolute Gasteiger partial charge is 0.448 e. The van der Waals surface area contributed by atoms with Gasteiger partial charge in [0.1, 0.15) is 6.26 Å². The minimum Gasteiger partial charge on any atom is -0.447 e. The van der Waals surface area contributed by atoms with Crippen LogP contribution in [0.25, 0.3) is 0 Å². The number of aliphatic hydroxyl groups is 1. The predicted octanol–water partition coefficient (Wildman–Crippen LogP) is 1.33. The smallest absolute Gasteiger partial charge is 0.447 e. The van der Waals surface area contributed by atoms with Gasteiger partial charge in [0, 0.05) is 6.07 Å². The van der Waals surface area contributed by atoms with Gasteiger partial charge in [-0.2, -0.15) is 0 Å². The number of amides is 1. The van der Waals surface area contributed by atoms with Crippen molar-refractivity contribution in [2.45, 2.75) is 18.4 Å². The average molecular weight is 258 g/mol. The third-order valence-electron chi connectivity index (χ3n) is 2.08. The fourth-order valence-electron chi connectivity index (χ4n) is 1.26. The molecule has 1 atom stereocenters. The molecule has 1 unspecified atom stereocenters. The molecule has 1 rings (SSSR count). The molecule has 0 saturated carbocycles. The predicted molar refractivity (Wildman–Crippen MR) is 64.8 cm³/mol. The molecule has 0 fully saturated rings. The highest BCUT2D eigenvalue weighted by molar-refractivity contribution is 8.01. The van der Waals surface area contributed by atoms with Gasteiger partial charge in [-0.25, -0.2) is 4.79 Å². The van der Waals surface area contributed by atoms with Crippen LogP contribution >= 0.6 is 0 Å². The molecule has 1 aromatic rings. The number of rotatable bonds is 4. The standard InChI is InChI=1S/C11H15NO4S/c1-3-16-11(14)12-17(2,15)10-6-4-5-9(7-10)8-13/h4-7,13H,3,8H2,1-2H3/p+1. The van der Waals surface area contributed by atoms with E-state index in [2.05, 4.69) is 9.46 Å². The second-order valence-electron chi connectivity index (χ2n) is 3.47. The maximum absolute atomic E-state index is 12.2. The number of carbonyl (C=O) groups is 1.